The molecule has 1 aromatic heterocycles. The van der Waals surface area contributed by atoms with E-state index in [1.165, 1.54) is 31.2 Å². The highest BCUT2D eigenvalue weighted by atomic mass is 32.2. The molecule has 0 saturated heterocycles. The van der Waals surface area contributed by atoms with Gasteiger partial charge in [0.15, 0.2) is 11.6 Å². The van der Waals surface area contributed by atoms with E-state index in [0.717, 1.165) is 0 Å². The Kier molecular flexibility index (Phi) is 5.78. The second-order valence-electron chi connectivity index (χ2n) is 6.97. The van der Waals surface area contributed by atoms with Crippen LogP contribution in [0.15, 0.2) is 77.7 Å². The van der Waals surface area contributed by atoms with Crippen molar-refractivity contribution in [2.45, 2.75) is 11.8 Å². The summed E-state index contributed by atoms with van der Waals surface area (Å²) in [6.45, 7) is 1.38. The molecule has 4 rings (SSSR count). The lowest BCUT2D eigenvalue weighted by molar-refractivity contribution is -0.114. The van der Waals surface area contributed by atoms with Crippen molar-refractivity contribution < 1.29 is 13.2 Å². The molecule has 1 amide bonds. The van der Waals surface area contributed by atoms with Crippen LogP contribution in [0.1, 0.15) is 6.92 Å². The Balaban J connectivity index is 1.70. The Bertz CT molecular complexity index is 1390. The summed E-state index contributed by atoms with van der Waals surface area (Å²) in [6.07, 6.45) is 0. The molecule has 4 aromatic rings. The average Bonchev–Trinajstić information content (AvgIpc) is 2.75. The van der Waals surface area contributed by atoms with Crippen LogP contribution in [-0.2, 0) is 14.8 Å². The molecule has 0 unspecified atom stereocenters. The molecule has 0 aliphatic carbocycles. The Morgan fingerprint density at radius 3 is 1.97 bits per heavy atom. The lowest BCUT2D eigenvalue weighted by Gasteiger charge is -2.14. The van der Waals surface area contributed by atoms with Crippen LogP contribution in [0.25, 0.3) is 11.0 Å². The normalized spacial score (nSPS) is 11.2. The lowest BCUT2D eigenvalue weighted by Crippen LogP contribution is -2.16. The second kappa shape index (κ2) is 8.68. The summed E-state index contributed by atoms with van der Waals surface area (Å²) < 4.78 is 28.5. The minimum absolute atomic E-state index is 0.0139. The third kappa shape index (κ3) is 4.87. The van der Waals surface area contributed by atoms with E-state index in [-0.39, 0.29) is 22.4 Å². The van der Waals surface area contributed by atoms with E-state index in [9.17, 15) is 13.2 Å². The number of amides is 1. The van der Waals surface area contributed by atoms with Gasteiger partial charge in [0.1, 0.15) is 7.85 Å². The van der Waals surface area contributed by atoms with Gasteiger partial charge in [-0.15, -0.1) is 0 Å². The van der Waals surface area contributed by atoms with Gasteiger partial charge < -0.3 is 10.6 Å². The van der Waals surface area contributed by atoms with Gasteiger partial charge in [-0.3, -0.25) is 9.52 Å². The lowest BCUT2D eigenvalue weighted by atomic mass is 9.96. The number of nitrogens with zero attached hydrogens (tertiary/aromatic N) is 2. The number of para-hydroxylation sites is 2. The Morgan fingerprint density at radius 1 is 0.812 bits per heavy atom. The molecule has 0 saturated carbocycles. The minimum Gasteiger partial charge on any atom is -0.337 e. The van der Waals surface area contributed by atoms with Crippen LogP contribution in [0, 0.1) is 0 Å². The molecule has 10 heteroatoms. The highest BCUT2D eigenvalue weighted by Crippen LogP contribution is 2.27. The monoisotopic (exact) mass is 443 g/mol. The molecule has 1 heterocycles. The Morgan fingerprint density at radius 2 is 1.38 bits per heavy atom. The number of hydrogen-bond acceptors (Lipinski definition) is 6. The maximum Gasteiger partial charge on any atom is 0.263 e. The number of hydrogen-bond donors (Lipinski definition) is 3. The van der Waals surface area contributed by atoms with Crippen LogP contribution >= 0.6 is 0 Å². The maximum atomic E-state index is 13.0. The fourth-order valence-electron chi connectivity index (χ4n) is 2.97. The highest BCUT2D eigenvalue weighted by Gasteiger charge is 2.19. The zero-order valence-electron chi connectivity index (χ0n) is 17.0. The van der Waals surface area contributed by atoms with E-state index in [1.807, 2.05) is 6.07 Å². The summed E-state index contributed by atoms with van der Waals surface area (Å²) in [4.78, 5) is 20.2. The van der Waals surface area contributed by atoms with Gasteiger partial charge in [-0.1, -0.05) is 29.7 Å². The molecule has 0 atom stereocenters. The summed E-state index contributed by atoms with van der Waals surface area (Å²) in [5.74, 6) is 0.0435. The number of carbonyl (C=O) groups is 1. The molecule has 3 N–H and O–H groups in total. The molecule has 3 aromatic carbocycles. The topological polar surface area (TPSA) is 113 Å². The van der Waals surface area contributed by atoms with Crippen molar-refractivity contribution in [1.29, 1.82) is 0 Å². The average molecular weight is 443 g/mol. The molecular formula is C22H18BN5O3S. The summed E-state index contributed by atoms with van der Waals surface area (Å²) in [5.41, 5.74) is 2.91. The summed E-state index contributed by atoms with van der Waals surface area (Å²) in [6, 6.07) is 19.9. The SMILES string of the molecule is [B]c1ccc(Nc2nc3ccccc3nc2NS(=O)(=O)c2ccc(NC(C)=O)cc2)cc1. The molecule has 32 heavy (non-hydrogen) atoms. The molecule has 2 radical (unpaired) electrons. The molecular weight excluding hydrogens is 425 g/mol. The Hall–Kier alpha value is -3.92. The van der Waals surface area contributed by atoms with E-state index in [1.54, 1.807) is 42.5 Å². The molecule has 8 nitrogen and oxygen atoms in total. The number of carbonyl (C=O) groups excluding carboxylic acids is 1. The number of nitrogens with one attached hydrogen (secondary N) is 3. The fraction of sp³-hybridized carbons (Fsp3) is 0.0455. The van der Waals surface area contributed by atoms with E-state index in [0.29, 0.717) is 27.9 Å². The number of sulfonamides is 1. The van der Waals surface area contributed by atoms with Crippen molar-refractivity contribution in [1.82, 2.24) is 9.97 Å². The number of rotatable bonds is 6. The largest absolute Gasteiger partial charge is 0.337 e. The van der Waals surface area contributed by atoms with Crippen molar-refractivity contribution in [3.8, 4) is 0 Å². The predicted octanol–water partition coefficient (Wildman–Crippen LogP) is 2.93. The van der Waals surface area contributed by atoms with E-state index < -0.39 is 10.0 Å². The van der Waals surface area contributed by atoms with Crippen LogP contribution in [0.4, 0.5) is 23.0 Å². The van der Waals surface area contributed by atoms with Crippen molar-refractivity contribution in [2.75, 3.05) is 15.4 Å². The van der Waals surface area contributed by atoms with Crippen molar-refractivity contribution in [2.24, 2.45) is 0 Å². The molecule has 0 aliphatic rings. The van der Waals surface area contributed by atoms with Crippen LogP contribution in [0.5, 0.6) is 0 Å². The van der Waals surface area contributed by atoms with Gasteiger partial charge in [0.05, 0.1) is 15.9 Å². The highest BCUT2D eigenvalue weighted by molar-refractivity contribution is 7.92. The van der Waals surface area contributed by atoms with Crippen LogP contribution in [-0.4, -0.2) is 32.1 Å². The number of aromatic nitrogens is 2. The van der Waals surface area contributed by atoms with Gasteiger partial charge in [0, 0.05) is 18.3 Å². The number of anilines is 4. The minimum atomic E-state index is -3.97. The molecule has 0 fully saturated rings. The van der Waals surface area contributed by atoms with Crippen LogP contribution < -0.4 is 20.8 Å². The van der Waals surface area contributed by atoms with E-state index in [4.69, 9.17) is 7.85 Å². The number of fused-ring (bicyclic) bond motifs is 1. The van der Waals surface area contributed by atoms with Gasteiger partial charge in [-0.25, -0.2) is 18.4 Å². The third-order valence-electron chi connectivity index (χ3n) is 4.46. The van der Waals surface area contributed by atoms with Gasteiger partial charge >= 0.3 is 0 Å². The summed E-state index contributed by atoms with van der Waals surface area (Å²) >= 11 is 0. The van der Waals surface area contributed by atoms with E-state index >= 15 is 0 Å². The van der Waals surface area contributed by atoms with Gasteiger partial charge in [-0.05, 0) is 48.5 Å². The van der Waals surface area contributed by atoms with Crippen molar-refractivity contribution in [3.63, 3.8) is 0 Å². The third-order valence-corrected chi connectivity index (χ3v) is 5.81. The second-order valence-corrected chi connectivity index (χ2v) is 8.65. The predicted molar refractivity (Wildman–Crippen MR) is 126 cm³/mol. The Labute approximate surface area is 186 Å². The molecule has 0 aliphatic heterocycles. The summed E-state index contributed by atoms with van der Waals surface area (Å²) in [5, 5.41) is 5.69. The summed E-state index contributed by atoms with van der Waals surface area (Å²) in [7, 11) is 1.76. The first kappa shape index (κ1) is 21.3. The zero-order chi connectivity index (χ0) is 22.7. The molecule has 158 valence electrons. The fourth-order valence-corrected chi connectivity index (χ4v) is 3.98. The van der Waals surface area contributed by atoms with Crippen LogP contribution in [0.3, 0.4) is 0 Å². The van der Waals surface area contributed by atoms with Gasteiger partial charge in [0.2, 0.25) is 5.91 Å². The molecule has 0 spiro atoms. The number of benzene rings is 3. The first-order valence-electron chi connectivity index (χ1n) is 9.60. The first-order chi connectivity index (χ1) is 15.3. The van der Waals surface area contributed by atoms with Crippen molar-refractivity contribution >= 4 is 63.3 Å². The smallest absolute Gasteiger partial charge is 0.263 e. The first-order valence-corrected chi connectivity index (χ1v) is 11.1. The van der Waals surface area contributed by atoms with Gasteiger partial charge in [0.25, 0.3) is 10.0 Å². The quantitative estimate of drug-likeness (QED) is 0.395. The van der Waals surface area contributed by atoms with Gasteiger partial charge in [-0.2, -0.15) is 0 Å². The van der Waals surface area contributed by atoms with Crippen LogP contribution in [0.2, 0.25) is 0 Å². The van der Waals surface area contributed by atoms with Crippen molar-refractivity contribution in [3.05, 3.63) is 72.8 Å². The molecule has 0 bridgehead atoms. The maximum absolute atomic E-state index is 13.0. The van der Waals surface area contributed by atoms with E-state index in [2.05, 4.69) is 25.3 Å². The zero-order valence-corrected chi connectivity index (χ0v) is 17.8. The standard InChI is InChI=1S/C22H18BN5O3S/c1-14(29)24-16-10-12-18(13-11-16)32(30,31)28-22-21(25-17-8-6-15(23)7-9-17)26-19-4-2-3-5-20(19)27-22/h2-13H,1H3,(H,24,29)(H,25,26)(H,27,28).